The van der Waals surface area contributed by atoms with Gasteiger partial charge in [-0.1, -0.05) is 47.5 Å². The first-order valence-electron chi connectivity index (χ1n) is 10.3. The minimum absolute atomic E-state index is 0.131. The SMILES string of the molecule is O=C(Nc1cnn(Cc2cccc(C(F)(F)F)c2)c1)c1ccc(COc2ccc(Cl)cc2Cl)cc1. The summed E-state index contributed by atoms with van der Waals surface area (Å²) >= 11 is 12.0. The molecule has 0 radical (unpaired) electrons. The molecule has 180 valence electrons. The first kappa shape index (κ1) is 24.6. The molecule has 3 aromatic carbocycles. The lowest BCUT2D eigenvalue weighted by molar-refractivity contribution is -0.137. The number of rotatable bonds is 7. The van der Waals surface area contributed by atoms with Crippen molar-refractivity contribution < 1.29 is 22.7 Å². The van der Waals surface area contributed by atoms with E-state index >= 15 is 0 Å². The van der Waals surface area contributed by atoms with Gasteiger partial charge < -0.3 is 10.1 Å². The van der Waals surface area contributed by atoms with Gasteiger partial charge in [0, 0.05) is 16.8 Å². The Labute approximate surface area is 209 Å². The number of hydrogen-bond acceptors (Lipinski definition) is 3. The van der Waals surface area contributed by atoms with Crippen molar-refractivity contribution in [3.05, 3.63) is 111 Å². The fraction of sp³-hybridized carbons (Fsp3) is 0.120. The first-order chi connectivity index (χ1) is 16.7. The number of aromatic nitrogens is 2. The van der Waals surface area contributed by atoms with Crippen LogP contribution in [0.25, 0.3) is 0 Å². The zero-order valence-electron chi connectivity index (χ0n) is 18.0. The Kier molecular flexibility index (Phi) is 7.33. The second-order valence-electron chi connectivity index (χ2n) is 7.64. The van der Waals surface area contributed by atoms with Crippen molar-refractivity contribution in [3.8, 4) is 5.75 Å². The number of anilines is 1. The van der Waals surface area contributed by atoms with Crippen LogP contribution in [0.15, 0.2) is 79.1 Å². The van der Waals surface area contributed by atoms with E-state index in [1.807, 2.05) is 0 Å². The summed E-state index contributed by atoms with van der Waals surface area (Å²) in [5.74, 6) is 0.150. The van der Waals surface area contributed by atoms with Crippen LogP contribution in [0.2, 0.25) is 10.0 Å². The molecule has 35 heavy (non-hydrogen) atoms. The van der Waals surface area contributed by atoms with E-state index in [0.717, 1.165) is 17.7 Å². The van der Waals surface area contributed by atoms with Crippen LogP contribution in [0.4, 0.5) is 18.9 Å². The van der Waals surface area contributed by atoms with Gasteiger partial charge in [0.15, 0.2) is 0 Å². The van der Waals surface area contributed by atoms with Gasteiger partial charge in [-0.3, -0.25) is 9.48 Å². The number of carbonyl (C=O) groups excluding carboxylic acids is 1. The highest BCUT2D eigenvalue weighted by Crippen LogP contribution is 2.30. The Hall–Kier alpha value is -3.49. The van der Waals surface area contributed by atoms with Crippen molar-refractivity contribution in [1.82, 2.24) is 9.78 Å². The molecule has 0 bridgehead atoms. The summed E-state index contributed by atoms with van der Waals surface area (Å²) in [5, 5.41) is 7.76. The van der Waals surface area contributed by atoms with E-state index in [4.69, 9.17) is 27.9 Å². The fourth-order valence-electron chi connectivity index (χ4n) is 3.26. The molecule has 1 aromatic heterocycles. The minimum atomic E-state index is -4.41. The smallest absolute Gasteiger partial charge is 0.416 e. The van der Waals surface area contributed by atoms with E-state index in [9.17, 15) is 18.0 Å². The second-order valence-corrected chi connectivity index (χ2v) is 8.48. The third-order valence-electron chi connectivity index (χ3n) is 4.99. The molecule has 10 heteroatoms. The van der Waals surface area contributed by atoms with Crippen molar-refractivity contribution >= 4 is 34.8 Å². The van der Waals surface area contributed by atoms with Gasteiger partial charge >= 0.3 is 6.18 Å². The first-order valence-corrected chi connectivity index (χ1v) is 11.1. The van der Waals surface area contributed by atoms with Crippen molar-refractivity contribution in [2.45, 2.75) is 19.3 Å². The maximum atomic E-state index is 12.9. The molecule has 0 aliphatic carbocycles. The number of halogens is 5. The molecular weight excluding hydrogens is 502 g/mol. The zero-order chi connectivity index (χ0) is 25.0. The molecular formula is C25H18Cl2F3N3O2. The van der Waals surface area contributed by atoms with Crippen molar-refractivity contribution in [1.29, 1.82) is 0 Å². The van der Waals surface area contributed by atoms with Gasteiger partial charge in [-0.25, -0.2) is 0 Å². The van der Waals surface area contributed by atoms with Crippen LogP contribution in [0, 0.1) is 0 Å². The Balaban J connectivity index is 1.34. The predicted molar refractivity (Wildman–Crippen MR) is 128 cm³/mol. The topological polar surface area (TPSA) is 56.2 Å². The Morgan fingerprint density at radius 2 is 1.77 bits per heavy atom. The summed E-state index contributed by atoms with van der Waals surface area (Å²) in [6.45, 7) is 0.387. The molecule has 1 amide bonds. The molecule has 0 saturated heterocycles. The van der Waals surface area contributed by atoms with Gasteiger partial charge in [0.2, 0.25) is 0 Å². The van der Waals surface area contributed by atoms with Gasteiger partial charge in [-0.15, -0.1) is 0 Å². The summed E-state index contributed by atoms with van der Waals surface area (Å²) in [6.07, 6.45) is -1.43. The highest BCUT2D eigenvalue weighted by Gasteiger charge is 2.30. The minimum Gasteiger partial charge on any atom is -0.487 e. The maximum Gasteiger partial charge on any atom is 0.416 e. The summed E-state index contributed by atoms with van der Waals surface area (Å²) in [7, 11) is 0. The third-order valence-corrected chi connectivity index (χ3v) is 5.52. The highest BCUT2D eigenvalue weighted by molar-refractivity contribution is 6.35. The molecule has 0 fully saturated rings. The highest BCUT2D eigenvalue weighted by atomic mass is 35.5. The summed E-state index contributed by atoms with van der Waals surface area (Å²) in [4.78, 5) is 12.6. The van der Waals surface area contributed by atoms with E-state index in [0.29, 0.717) is 32.6 Å². The van der Waals surface area contributed by atoms with Crippen LogP contribution < -0.4 is 10.1 Å². The molecule has 1 heterocycles. The molecule has 0 aliphatic rings. The van der Waals surface area contributed by atoms with Crippen molar-refractivity contribution in [2.75, 3.05) is 5.32 Å². The van der Waals surface area contributed by atoms with Gasteiger partial charge in [0.05, 0.1) is 29.0 Å². The average Bonchev–Trinajstić information content (AvgIpc) is 3.25. The Bertz CT molecular complexity index is 1340. The molecule has 0 atom stereocenters. The molecule has 0 aliphatic heterocycles. The standard InChI is InChI=1S/C25H18Cl2F3N3O2/c26-20-8-9-23(22(27)11-20)35-15-16-4-6-18(7-5-16)24(34)32-21-12-31-33(14-21)13-17-2-1-3-19(10-17)25(28,29)30/h1-12,14H,13,15H2,(H,32,34). The summed E-state index contributed by atoms with van der Waals surface area (Å²) in [5.41, 5.74) is 1.40. The van der Waals surface area contributed by atoms with Crippen LogP contribution in [0.5, 0.6) is 5.75 Å². The fourth-order valence-corrected chi connectivity index (χ4v) is 3.72. The maximum absolute atomic E-state index is 12.9. The number of nitrogens with zero attached hydrogens (tertiary/aromatic N) is 2. The Morgan fingerprint density at radius 3 is 2.49 bits per heavy atom. The van der Waals surface area contributed by atoms with Crippen LogP contribution in [0.1, 0.15) is 27.0 Å². The van der Waals surface area contributed by atoms with E-state index in [1.165, 1.54) is 16.9 Å². The van der Waals surface area contributed by atoms with Crippen LogP contribution in [-0.4, -0.2) is 15.7 Å². The van der Waals surface area contributed by atoms with Crippen LogP contribution >= 0.6 is 23.2 Å². The lowest BCUT2D eigenvalue weighted by atomic mass is 10.1. The van der Waals surface area contributed by atoms with Crippen LogP contribution in [0.3, 0.4) is 0 Å². The monoisotopic (exact) mass is 519 g/mol. The number of benzene rings is 3. The largest absolute Gasteiger partial charge is 0.487 e. The lowest BCUT2D eigenvalue weighted by Gasteiger charge is -2.09. The molecule has 0 spiro atoms. The van der Waals surface area contributed by atoms with Crippen molar-refractivity contribution in [2.24, 2.45) is 0 Å². The number of alkyl halides is 3. The number of carbonyl (C=O) groups is 1. The molecule has 4 rings (SSSR count). The van der Waals surface area contributed by atoms with Gasteiger partial charge in [0.25, 0.3) is 5.91 Å². The summed E-state index contributed by atoms with van der Waals surface area (Å²) < 4.78 is 45.8. The third kappa shape index (κ3) is 6.55. The number of nitrogens with one attached hydrogen (secondary N) is 1. The van der Waals surface area contributed by atoms with Crippen LogP contribution in [-0.2, 0) is 19.3 Å². The molecule has 4 aromatic rings. The summed E-state index contributed by atoms with van der Waals surface area (Å²) in [6, 6.07) is 16.8. The molecule has 0 unspecified atom stereocenters. The van der Waals surface area contributed by atoms with Gasteiger partial charge in [-0.05, 0) is 53.6 Å². The van der Waals surface area contributed by atoms with E-state index in [-0.39, 0.29) is 19.1 Å². The quantitative estimate of drug-likeness (QED) is 0.283. The average molecular weight is 520 g/mol. The number of ether oxygens (including phenoxy) is 1. The number of hydrogen-bond donors (Lipinski definition) is 1. The van der Waals surface area contributed by atoms with E-state index in [2.05, 4.69) is 10.4 Å². The van der Waals surface area contributed by atoms with Crippen molar-refractivity contribution in [3.63, 3.8) is 0 Å². The predicted octanol–water partition coefficient (Wildman–Crippen LogP) is 7.09. The molecule has 5 nitrogen and oxygen atoms in total. The second kappa shape index (κ2) is 10.4. The van der Waals surface area contributed by atoms with Gasteiger partial charge in [0.1, 0.15) is 12.4 Å². The lowest BCUT2D eigenvalue weighted by Crippen LogP contribution is -2.11. The van der Waals surface area contributed by atoms with E-state index in [1.54, 1.807) is 54.7 Å². The number of amides is 1. The Morgan fingerprint density at radius 1 is 1.00 bits per heavy atom. The molecule has 1 N–H and O–H groups in total. The van der Waals surface area contributed by atoms with E-state index < -0.39 is 11.7 Å². The molecule has 0 saturated carbocycles. The van der Waals surface area contributed by atoms with Gasteiger partial charge in [-0.2, -0.15) is 18.3 Å². The zero-order valence-corrected chi connectivity index (χ0v) is 19.5. The normalized spacial score (nSPS) is 11.3.